The molecule has 2 aromatic carbocycles. The van der Waals surface area contributed by atoms with Gasteiger partial charge in [0.1, 0.15) is 0 Å². The maximum atomic E-state index is 12.9. The second-order valence-electron chi connectivity index (χ2n) is 6.88. The third-order valence-electron chi connectivity index (χ3n) is 4.86. The molecule has 0 spiro atoms. The molecular formula is C20H22F3N3O3S. The van der Waals surface area contributed by atoms with Crippen LogP contribution in [0.2, 0.25) is 0 Å². The number of hydrogen-bond donors (Lipinski definition) is 1. The highest BCUT2D eigenvalue weighted by molar-refractivity contribution is 7.89. The molecule has 162 valence electrons. The van der Waals surface area contributed by atoms with Crippen LogP contribution in [0.15, 0.2) is 59.5 Å². The Morgan fingerprint density at radius 2 is 1.63 bits per heavy atom. The highest BCUT2D eigenvalue weighted by atomic mass is 32.2. The maximum absolute atomic E-state index is 12.9. The number of carbonyl (C=O) groups is 1. The number of anilines is 1. The van der Waals surface area contributed by atoms with Crippen molar-refractivity contribution < 1.29 is 26.4 Å². The van der Waals surface area contributed by atoms with Crippen LogP contribution in [0.3, 0.4) is 0 Å². The molecule has 3 rings (SSSR count). The van der Waals surface area contributed by atoms with Crippen LogP contribution in [0.5, 0.6) is 0 Å². The zero-order valence-corrected chi connectivity index (χ0v) is 16.9. The number of sulfonamides is 1. The Labute approximate surface area is 173 Å². The van der Waals surface area contributed by atoms with Gasteiger partial charge in [-0.2, -0.15) is 13.2 Å². The largest absolute Gasteiger partial charge is 0.416 e. The molecule has 1 saturated heterocycles. The number of halogens is 3. The van der Waals surface area contributed by atoms with E-state index in [1.54, 1.807) is 34.1 Å². The van der Waals surface area contributed by atoms with E-state index in [0.717, 1.165) is 12.1 Å². The molecular weight excluding hydrogens is 419 g/mol. The molecule has 0 aromatic heterocycles. The van der Waals surface area contributed by atoms with Gasteiger partial charge in [0.2, 0.25) is 15.9 Å². The zero-order valence-electron chi connectivity index (χ0n) is 16.1. The number of nitrogens with one attached hydrogen (secondary N) is 1. The van der Waals surface area contributed by atoms with Crippen molar-refractivity contribution in [2.75, 3.05) is 37.6 Å². The van der Waals surface area contributed by atoms with E-state index in [1.807, 2.05) is 0 Å². The number of alkyl halides is 3. The van der Waals surface area contributed by atoms with E-state index in [1.165, 1.54) is 18.2 Å². The summed E-state index contributed by atoms with van der Waals surface area (Å²) in [6.45, 7) is 1.51. The van der Waals surface area contributed by atoms with Crippen molar-refractivity contribution >= 4 is 21.6 Å². The van der Waals surface area contributed by atoms with E-state index in [9.17, 15) is 26.4 Å². The fourth-order valence-corrected chi connectivity index (χ4v) is 4.28. The van der Waals surface area contributed by atoms with E-state index < -0.39 is 21.8 Å². The monoisotopic (exact) mass is 441 g/mol. The molecule has 30 heavy (non-hydrogen) atoms. The zero-order chi connectivity index (χ0) is 21.8. The van der Waals surface area contributed by atoms with Crippen LogP contribution >= 0.6 is 0 Å². The normalized spacial score (nSPS) is 15.3. The summed E-state index contributed by atoms with van der Waals surface area (Å²) >= 11 is 0. The van der Waals surface area contributed by atoms with Gasteiger partial charge in [-0.1, -0.05) is 24.3 Å². The quantitative estimate of drug-likeness (QED) is 0.749. The van der Waals surface area contributed by atoms with Crippen LogP contribution < -0.4 is 9.62 Å². The third kappa shape index (κ3) is 5.51. The summed E-state index contributed by atoms with van der Waals surface area (Å²) in [4.78, 5) is 15.9. The Kier molecular flexibility index (Phi) is 6.67. The first-order chi connectivity index (χ1) is 14.2. The lowest BCUT2D eigenvalue weighted by Crippen LogP contribution is -2.49. The van der Waals surface area contributed by atoms with Gasteiger partial charge < -0.3 is 9.80 Å². The third-order valence-corrected chi connectivity index (χ3v) is 6.33. The van der Waals surface area contributed by atoms with E-state index in [0.29, 0.717) is 31.9 Å². The number of piperazine rings is 1. The Morgan fingerprint density at radius 3 is 2.27 bits per heavy atom. The molecule has 10 heteroatoms. The number of hydrogen-bond acceptors (Lipinski definition) is 4. The van der Waals surface area contributed by atoms with Crippen LogP contribution in [0, 0.1) is 0 Å². The molecule has 0 saturated carbocycles. The molecule has 0 atom stereocenters. The predicted molar refractivity (Wildman–Crippen MR) is 106 cm³/mol. The number of benzene rings is 2. The summed E-state index contributed by atoms with van der Waals surface area (Å²) < 4.78 is 65.4. The average molecular weight is 441 g/mol. The Hall–Kier alpha value is -2.59. The smallest absolute Gasteiger partial charge is 0.368 e. The van der Waals surface area contributed by atoms with Gasteiger partial charge in [-0.15, -0.1) is 0 Å². The summed E-state index contributed by atoms with van der Waals surface area (Å²) in [5.41, 5.74) is -0.239. The predicted octanol–water partition coefficient (Wildman–Crippen LogP) is 2.72. The van der Waals surface area contributed by atoms with E-state index >= 15 is 0 Å². The van der Waals surface area contributed by atoms with Gasteiger partial charge in [-0.05, 0) is 30.3 Å². The lowest BCUT2D eigenvalue weighted by atomic mass is 10.1. The number of amides is 1. The Balaban J connectivity index is 1.49. The van der Waals surface area contributed by atoms with Crippen molar-refractivity contribution in [2.24, 2.45) is 0 Å². The lowest BCUT2D eigenvalue weighted by Gasteiger charge is -2.36. The molecule has 1 fully saturated rings. The molecule has 1 N–H and O–H groups in total. The van der Waals surface area contributed by atoms with Crippen molar-refractivity contribution in [3.05, 3.63) is 60.2 Å². The summed E-state index contributed by atoms with van der Waals surface area (Å²) in [5, 5.41) is 0. The summed E-state index contributed by atoms with van der Waals surface area (Å²) in [6.07, 6.45) is -4.39. The lowest BCUT2D eigenvalue weighted by molar-refractivity contribution is -0.137. The molecule has 6 nitrogen and oxygen atoms in total. The molecule has 0 aliphatic carbocycles. The molecule has 0 radical (unpaired) electrons. The summed E-state index contributed by atoms with van der Waals surface area (Å²) in [7, 11) is -3.67. The van der Waals surface area contributed by atoms with E-state index in [2.05, 4.69) is 4.72 Å². The fraction of sp³-hybridized carbons (Fsp3) is 0.350. The minimum atomic E-state index is -4.40. The van der Waals surface area contributed by atoms with Gasteiger partial charge in [0.25, 0.3) is 0 Å². The molecule has 1 amide bonds. The van der Waals surface area contributed by atoms with Crippen LogP contribution in [0.25, 0.3) is 0 Å². The first kappa shape index (κ1) is 22.1. The van der Waals surface area contributed by atoms with Gasteiger partial charge in [0, 0.05) is 44.8 Å². The number of rotatable bonds is 6. The van der Waals surface area contributed by atoms with Crippen molar-refractivity contribution in [1.82, 2.24) is 9.62 Å². The first-order valence-electron chi connectivity index (χ1n) is 9.41. The Bertz CT molecular complexity index is 974. The average Bonchev–Trinajstić information content (AvgIpc) is 2.74. The fourth-order valence-electron chi connectivity index (χ4n) is 3.23. The summed E-state index contributed by atoms with van der Waals surface area (Å²) in [5.74, 6) is -0.200. The highest BCUT2D eigenvalue weighted by Gasteiger charge is 2.31. The van der Waals surface area contributed by atoms with Crippen LogP contribution in [-0.2, 0) is 21.0 Å². The first-order valence-corrected chi connectivity index (χ1v) is 10.9. The Morgan fingerprint density at radius 1 is 0.967 bits per heavy atom. The van der Waals surface area contributed by atoms with Gasteiger partial charge >= 0.3 is 6.18 Å². The van der Waals surface area contributed by atoms with Crippen molar-refractivity contribution in [3.63, 3.8) is 0 Å². The molecule has 2 aromatic rings. The van der Waals surface area contributed by atoms with Crippen molar-refractivity contribution in [1.29, 1.82) is 0 Å². The minimum Gasteiger partial charge on any atom is -0.368 e. The van der Waals surface area contributed by atoms with Crippen LogP contribution in [0.4, 0.5) is 18.9 Å². The molecule has 1 aliphatic heterocycles. The standard InChI is InChI=1S/C20H22F3N3O3S/c21-20(22,23)16-5-4-6-17(15-16)25-11-13-26(14-12-25)19(27)9-10-24-30(28,29)18-7-2-1-3-8-18/h1-8,15,24H,9-14H2. The second kappa shape index (κ2) is 9.05. The number of carbonyl (C=O) groups excluding carboxylic acids is 1. The van der Waals surface area contributed by atoms with Crippen molar-refractivity contribution in [3.8, 4) is 0 Å². The van der Waals surface area contributed by atoms with Gasteiger partial charge in [-0.25, -0.2) is 13.1 Å². The topological polar surface area (TPSA) is 69.7 Å². The minimum absolute atomic E-state index is 0.00955. The van der Waals surface area contributed by atoms with Gasteiger partial charge in [0.05, 0.1) is 10.5 Å². The van der Waals surface area contributed by atoms with Crippen molar-refractivity contribution in [2.45, 2.75) is 17.5 Å². The van der Waals surface area contributed by atoms with Crippen LogP contribution in [0.1, 0.15) is 12.0 Å². The SMILES string of the molecule is O=C(CCNS(=O)(=O)c1ccccc1)N1CCN(c2cccc(C(F)(F)F)c2)CC1. The molecule has 1 aliphatic rings. The molecule has 0 bridgehead atoms. The molecule has 1 heterocycles. The highest BCUT2D eigenvalue weighted by Crippen LogP contribution is 2.31. The van der Waals surface area contributed by atoms with Gasteiger partial charge in [-0.3, -0.25) is 4.79 Å². The summed E-state index contributed by atoms with van der Waals surface area (Å²) in [6, 6.07) is 13.0. The van der Waals surface area contributed by atoms with Crippen LogP contribution in [-0.4, -0.2) is 51.9 Å². The van der Waals surface area contributed by atoms with E-state index in [4.69, 9.17) is 0 Å². The van der Waals surface area contributed by atoms with E-state index in [-0.39, 0.29) is 23.8 Å². The second-order valence-corrected chi connectivity index (χ2v) is 8.64. The number of nitrogens with zero attached hydrogens (tertiary/aromatic N) is 2. The van der Waals surface area contributed by atoms with Gasteiger partial charge in [0.15, 0.2) is 0 Å². The molecule has 0 unspecified atom stereocenters. The maximum Gasteiger partial charge on any atom is 0.416 e.